The predicted molar refractivity (Wildman–Crippen MR) is 123 cm³/mol. The van der Waals surface area contributed by atoms with Gasteiger partial charge in [-0.2, -0.15) is 0 Å². The molecular formula is C22H25FN4O3S2. The van der Waals surface area contributed by atoms with Gasteiger partial charge >= 0.3 is 0 Å². The SMILES string of the molecule is CCC(Sc1nnc(CS(=O)(=O)c2ccc(C)cc2)n1CC)C(=O)Nc1ccccc1F. The van der Waals surface area contributed by atoms with Gasteiger partial charge in [0.15, 0.2) is 15.0 Å². The highest BCUT2D eigenvalue weighted by Crippen LogP contribution is 2.27. The molecule has 0 bridgehead atoms. The van der Waals surface area contributed by atoms with Gasteiger partial charge in [-0.25, -0.2) is 12.8 Å². The fourth-order valence-electron chi connectivity index (χ4n) is 3.05. The molecule has 10 heteroatoms. The van der Waals surface area contributed by atoms with Crippen molar-refractivity contribution < 1.29 is 17.6 Å². The molecule has 0 saturated heterocycles. The fraction of sp³-hybridized carbons (Fsp3) is 0.318. The van der Waals surface area contributed by atoms with Crippen molar-refractivity contribution in [3.8, 4) is 0 Å². The van der Waals surface area contributed by atoms with Crippen molar-refractivity contribution in [2.45, 2.75) is 54.8 Å². The number of halogens is 1. The highest BCUT2D eigenvalue weighted by molar-refractivity contribution is 8.00. The number of aromatic nitrogens is 3. The lowest BCUT2D eigenvalue weighted by molar-refractivity contribution is -0.115. The summed E-state index contributed by atoms with van der Waals surface area (Å²) in [6.45, 7) is 6.03. The second kappa shape index (κ2) is 10.3. The lowest BCUT2D eigenvalue weighted by Gasteiger charge is -2.15. The van der Waals surface area contributed by atoms with Crippen LogP contribution in [0.25, 0.3) is 0 Å². The lowest BCUT2D eigenvalue weighted by Crippen LogP contribution is -2.25. The zero-order valence-electron chi connectivity index (χ0n) is 18.1. The van der Waals surface area contributed by atoms with Crippen LogP contribution in [-0.4, -0.2) is 34.3 Å². The summed E-state index contributed by atoms with van der Waals surface area (Å²) in [6, 6.07) is 12.6. The van der Waals surface area contributed by atoms with Gasteiger partial charge in [-0.05, 0) is 44.5 Å². The normalized spacial score (nSPS) is 12.5. The van der Waals surface area contributed by atoms with E-state index < -0.39 is 20.9 Å². The molecule has 0 aliphatic heterocycles. The van der Waals surface area contributed by atoms with Gasteiger partial charge in [0, 0.05) is 6.54 Å². The number of hydrogen-bond acceptors (Lipinski definition) is 6. The van der Waals surface area contributed by atoms with Crippen molar-refractivity contribution in [2.24, 2.45) is 0 Å². The summed E-state index contributed by atoms with van der Waals surface area (Å²) in [6.07, 6.45) is 0.471. The molecule has 1 unspecified atom stereocenters. The minimum absolute atomic E-state index is 0.110. The summed E-state index contributed by atoms with van der Waals surface area (Å²) in [4.78, 5) is 12.9. The van der Waals surface area contributed by atoms with Crippen LogP contribution in [0, 0.1) is 12.7 Å². The van der Waals surface area contributed by atoms with Crippen LogP contribution in [0.3, 0.4) is 0 Å². The van der Waals surface area contributed by atoms with Gasteiger partial charge < -0.3 is 9.88 Å². The summed E-state index contributed by atoms with van der Waals surface area (Å²) in [5.74, 6) is -0.863. The Kier molecular flexibility index (Phi) is 7.68. The Balaban J connectivity index is 1.78. The minimum Gasteiger partial charge on any atom is -0.323 e. The van der Waals surface area contributed by atoms with E-state index in [0.29, 0.717) is 23.9 Å². The number of sulfone groups is 1. The van der Waals surface area contributed by atoms with Crippen LogP contribution >= 0.6 is 11.8 Å². The Morgan fingerprint density at radius 3 is 2.44 bits per heavy atom. The number of thioether (sulfide) groups is 1. The van der Waals surface area contributed by atoms with Crippen molar-refractivity contribution in [2.75, 3.05) is 5.32 Å². The van der Waals surface area contributed by atoms with Crippen molar-refractivity contribution in [3.63, 3.8) is 0 Å². The van der Waals surface area contributed by atoms with Gasteiger partial charge in [0.2, 0.25) is 5.91 Å². The van der Waals surface area contributed by atoms with E-state index in [0.717, 1.165) is 5.56 Å². The number of aryl methyl sites for hydroxylation is 1. The van der Waals surface area contributed by atoms with Crippen molar-refractivity contribution in [1.29, 1.82) is 0 Å². The van der Waals surface area contributed by atoms with E-state index in [2.05, 4.69) is 15.5 Å². The van der Waals surface area contributed by atoms with Crippen LogP contribution in [0.1, 0.15) is 31.7 Å². The quantitative estimate of drug-likeness (QED) is 0.465. The van der Waals surface area contributed by atoms with E-state index >= 15 is 0 Å². The summed E-state index contributed by atoms with van der Waals surface area (Å²) in [5.41, 5.74) is 1.08. The summed E-state index contributed by atoms with van der Waals surface area (Å²) >= 11 is 1.18. The Morgan fingerprint density at radius 2 is 1.81 bits per heavy atom. The smallest absolute Gasteiger partial charge is 0.238 e. The molecular weight excluding hydrogens is 451 g/mol. The molecule has 3 aromatic rings. The van der Waals surface area contributed by atoms with Crippen LogP contribution in [0.4, 0.5) is 10.1 Å². The van der Waals surface area contributed by atoms with E-state index in [1.54, 1.807) is 41.0 Å². The Bertz CT molecular complexity index is 1190. The maximum absolute atomic E-state index is 13.9. The first-order valence-corrected chi connectivity index (χ1v) is 12.7. The number of anilines is 1. The molecule has 7 nitrogen and oxygen atoms in total. The minimum atomic E-state index is -3.60. The standard InChI is InChI=1S/C22H25FN4O3S2/c1-4-19(21(28)24-18-9-7-6-8-17(18)23)31-22-26-25-20(27(22)5-2)14-32(29,30)16-12-10-15(3)11-13-16/h6-13,19H,4-5,14H2,1-3H3,(H,24,28). The van der Waals surface area contributed by atoms with Gasteiger partial charge in [0.1, 0.15) is 17.4 Å². The molecule has 0 aliphatic carbocycles. The largest absolute Gasteiger partial charge is 0.323 e. The first kappa shape index (κ1) is 23.9. The highest BCUT2D eigenvalue weighted by Gasteiger charge is 2.25. The summed E-state index contributed by atoms with van der Waals surface area (Å²) in [5, 5.41) is 10.7. The number of nitrogens with one attached hydrogen (secondary N) is 1. The van der Waals surface area contributed by atoms with Gasteiger partial charge in [0.05, 0.1) is 15.8 Å². The van der Waals surface area contributed by atoms with Gasteiger partial charge in [-0.15, -0.1) is 10.2 Å². The number of amides is 1. The van der Waals surface area contributed by atoms with E-state index in [4.69, 9.17) is 0 Å². The number of nitrogens with zero attached hydrogens (tertiary/aromatic N) is 3. The third kappa shape index (κ3) is 5.55. The monoisotopic (exact) mass is 476 g/mol. The second-order valence-electron chi connectivity index (χ2n) is 7.20. The number of benzene rings is 2. The van der Waals surface area contributed by atoms with Crippen LogP contribution < -0.4 is 5.32 Å². The Labute approximate surface area is 191 Å². The molecule has 1 heterocycles. The van der Waals surface area contributed by atoms with Crippen LogP contribution in [0.2, 0.25) is 0 Å². The molecule has 0 fully saturated rings. The topological polar surface area (TPSA) is 93.9 Å². The van der Waals surface area contributed by atoms with Crippen molar-refractivity contribution >= 4 is 33.2 Å². The molecule has 170 valence electrons. The molecule has 32 heavy (non-hydrogen) atoms. The number of carbonyl (C=O) groups is 1. The first-order valence-electron chi connectivity index (χ1n) is 10.2. The van der Waals surface area contributed by atoms with E-state index in [-0.39, 0.29) is 22.2 Å². The molecule has 0 spiro atoms. The number of rotatable bonds is 9. The van der Waals surface area contributed by atoms with Crippen molar-refractivity contribution in [3.05, 3.63) is 65.7 Å². The molecule has 2 aromatic carbocycles. The molecule has 0 radical (unpaired) electrons. The third-order valence-corrected chi connectivity index (χ3v) is 7.82. The van der Waals surface area contributed by atoms with Crippen LogP contribution in [-0.2, 0) is 26.9 Å². The molecule has 3 rings (SSSR count). The molecule has 1 atom stereocenters. The molecule has 1 aromatic heterocycles. The lowest BCUT2D eigenvalue weighted by atomic mass is 10.2. The van der Waals surface area contributed by atoms with Crippen LogP contribution in [0.5, 0.6) is 0 Å². The maximum Gasteiger partial charge on any atom is 0.238 e. The first-order chi connectivity index (χ1) is 15.2. The van der Waals surface area contributed by atoms with Crippen molar-refractivity contribution in [1.82, 2.24) is 14.8 Å². The summed E-state index contributed by atoms with van der Waals surface area (Å²) in [7, 11) is -3.60. The number of para-hydroxylation sites is 1. The summed E-state index contributed by atoms with van der Waals surface area (Å²) < 4.78 is 41.2. The molecule has 0 aliphatic rings. The third-order valence-electron chi connectivity index (χ3n) is 4.85. The van der Waals surface area contributed by atoms with E-state index in [1.165, 1.54) is 23.9 Å². The number of hydrogen-bond donors (Lipinski definition) is 1. The second-order valence-corrected chi connectivity index (χ2v) is 10.4. The predicted octanol–water partition coefficient (Wildman–Crippen LogP) is 4.23. The zero-order chi connectivity index (χ0) is 23.3. The average molecular weight is 477 g/mol. The van der Waals surface area contributed by atoms with Gasteiger partial charge in [-0.1, -0.05) is 48.5 Å². The number of carbonyl (C=O) groups excluding carboxylic acids is 1. The maximum atomic E-state index is 13.9. The Morgan fingerprint density at radius 1 is 1.12 bits per heavy atom. The fourth-order valence-corrected chi connectivity index (χ4v) is 5.36. The molecule has 1 amide bonds. The molecule has 0 saturated carbocycles. The Hall–Kier alpha value is -2.72. The average Bonchev–Trinajstić information content (AvgIpc) is 3.14. The van der Waals surface area contributed by atoms with Gasteiger partial charge in [-0.3, -0.25) is 4.79 Å². The zero-order valence-corrected chi connectivity index (χ0v) is 19.7. The van der Waals surface area contributed by atoms with E-state index in [9.17, 15) is 17.6 Å². The highest BCUT2D eigenvalue weighted by atomic mass is 32.2. The molecule has 1 N–H and O–H groups in total. The van der Waals surface area contributed by atoms with Gasteiger partial charge in [0.25, 0.3) is 0 Å². The van der Waals surface area contributed by atoms with Crippen LogP contribution in [0.15, 0.2) is 58.6 Å². The van der Waals surface area contributed by atoms with E-state index in [1.807, 2.05) is 20.8 Å².